The topological polar surface area (TPSA) is 102 Å². The van der Waals surface area contributed by atoms with Gasteiger partial charge in [0.05, 0.1) is 7.11 Å². The van der Waals surface area contributed by atoms with Crippen LogP contribution in [-0.2, 0) is 14.8 Å². The molecule has 0 atom stereocenters. The maximum atomic E-state index is 11.6. The van der Waals surface area contributed by atoms with Gasteiger partial charge in [-0.3, -0.25) is 0 Å². The zero-order valence-corrected chi connectivity index (χ0v) is 11.3. The van der Waals surface area contributed by atoms with Gasteiger partial charge in [0.15, 0.2) is 5.71 Å². The Kier molecular flexibility index (Phi) is 3.75. The number of hydrogen-bond acceptors (Lipinski definition) is 5. The predicted molar refractivity (Wildman–Crippen MR) is 70.6 cm³/mol. The van der Waals surface area contributed by atoms with E-state index < -0.39 is 21.7 Å². The van der Waals surface area contributed by atoms with Crippen LogP contribution < -0.4 is 9.47 Å². The third kappa shape index (κ3) is 2.97. The van der Waals surface area contributed by atoms with Gasteiger partial charge in [0.2, 0.25) is 0 Å². The number of nitrogens with zero attached hydrogens (tertiary/aromatic N) is 1. The first-order valence-electron chi connectivity index (χ1n) is 5.48. The van der Waals surface area contributed by atoms with E-state index in [1.54, 1.807) is 24.3 Å². The highest BCUT2D eigenvalue weighted by molar-refractivity contribution is 7.94. The number of sulfonamides is 1. The number of benzene rings is 1. The lowest BCUT2D eigenvalue weighted by Crippen LogP contribution is -2.07. The quantitative estimate of drug-likeness (QED) is 0.863. The van der Waals surface area contributed by atoms with Gasteiger partial charge in [-0.1, -0.05) is 0 Å². The Labute approximate surface area is 115 Å². The monoisotopic (exact) mass is 297 g/mol. The molecule has 1 aromatic rings. The number of carboxylic acids is 1. The minimum atomic E-state index is -3.95. The van der Waals surface area contributed by atoms with E-state index in [0.717, 1.165) is 6.08 Å². The van der Waals surface area contributed by atoms with Crippen LogP contribution >= 0.6 is 0 Å². The highest BCUT2D eigenvalue weighted by Gasteiger charge is 2.28. The van der Waals surface area contributed by atoms with Crippen LogP contribution in [0.15, 0.2) is 39.6 Å². The summed E-state index contributed by atoms with van der Waals surface area (Å²) >= 11 is 0. The Morgan fingerprint density at radius 2 is 1.85 bits per heavy atom. The summed E-state index contributed by atoms with van der Waals surface area (Å²) in [6.07, 6.45) is 0.987. The summed E-state index contributed by atoms with van der Waals surface area (Å²) in [4.78, 5) is 10.5. The summed E-state index contributed by atoms with van der Waals surface area (Å²) in [5.74, 6) is -0.319. The van der Waals surface area contributed by atoms with E-state index in [4.69, 9.17) is 14.6 Å². The van der Waals surface area contributed by atoms with Crippen molar-refractivity contribution in [2.45, 2.75) is 0 Å². The third-order valence-electron chi connectivity index (χ3n) is 2.51. The Morgan fingerprint density at radius 3 is 2.35 bits per heavy atom. The first-order valence-corrected chi connectivity index (χ1v) is 6.92. The number of carbonyl (C=O) groups is 1. The number of methoxy groups -OCH3 is 1. The number of ether oxygens (including phenoxy) is 2. The molecule has 0 aliphatic carbocycles. The van der Waals surface area contributed by atoms with Crippen LogP contribution in [0.2, 0.25) is 0 Å². The van der Waals surface area contributed by atoms with Crippen molar-refractivity contribution >= 4 is 21.7 Å². The van der Waals surface area contributed by atoms with Crippen LogP contribution in [0.1, 0.15) is 0 Å². The van der Waals surface area contributed by atoms with E-state index >= 15 is 0 Å². The van der Waals surface area contributed by atoms with E-state index in [1.807, 2.05) is 0 Å². The van der Waals surface area contributed by atoms with Crippen molar-refractivity contribution < 1.29 is 27.8 Å². The molecular weight excluding hydrogens is 286 g/mol. The molecule has 1 heterocycles. The van der Waals surface area contributed by atoms with Crippen molar-refractivity contribution in [3.8, 4) is 11.5 Å². The van der Waals surface area contributed by atoms with E-state index in [9.17, 15) is 13.2 Å². The van der Waals surface area contributed by atoms with Crippen molar-refractivity contribution in [2.75, 3.05) is 13.7 Å². The van der Waals surface area contributed by atoms with Gasteiger partial charge in [0, 0.05) is 0 Å². The summed E-state index contributed by atoms with van der Waals surface area (Å²) in [5, 5.41) is 8.71. The maximum absolute atomic E-state index is 11.6. The highest BCUT2D eigenvalue weighted by atomic mass is 32.2. The van der Waals surface area contributed by atoms with Gasteiger partial charge >= 0.3 is 5.97 Å². The van der Waals surface area contributed by atoms with Gasteiger partial charge in [-0.05, 0) is 30.3 Å². The first kappa shape index (κ1) is 14.1. The molecule has 2 rings (SSSR count). The van der Waals surface area contributed by atoms with Crippen molar-refractivity contribution in [1.82, 2.24) is 0 Å². The van der Waals surface area contributed by atoms with E-state index in [2.05, 4.69) is 4.40 Å². The smallest absolute Gasteiger partial charge is 0.355 e. The van der Waals surface area contributed by atoms with Crippen LogP contribution in [0.4, 0.5) is 0 Å². The Morgan fingerprint density at radius 1 is 1.25 bits per heavy atom. The molecule has 0 fully saturated rings. The SMILES string of the molecule is COc1ccc(OCC2=CC(C(=O)O)=NS2(=O)=O)cc1. The lowest BCUT2D eigenvalue weighted by molar-refractivity contribution is -0.129. The molecule has 1 aliphatic heterocycles. The molecule has 0 aromatic heterocycles. The normalized spacial score (nSPS) is 16.2. The van der Waals surface area contributed by atoms with Crippen LogP contribution in [0.3, 0.4) is 0 Å². The van der Waals surface area contributed by atoms with Crippen molar-refractivity contribution in [2.24, 2.45) is 4.40 Å². The molecule has 0 amide bonds. The standard InChI is InChI=1S/C12H11NO6S/c1-18-8-2-4-9(5-3-8)19-7-10-6-11(12(14)15)13-20(10,16)17/h2-6H,7H2,1H3,(H,14,15). The average Bonchev–Trinajstić information content (AvgIpc) is 2.72. The molecular formula is C12H11NO6S. The lowest BCUT2D eigenvalue weighted by atomic mass is 10.3. The molecule has 0 radical (unpaired) electrons. The molecule has 0 unspecified atom stereocenters. The Bertz CT molecular complexity index is 687. The molecule has 1 aromatic carbocycles. The molecule has 7 nitrogen and oxygen atoms in total. The molecule has 0 saturated carbocycles. The van der Waals surface area contributed by atoms with Crippen LogP contribution in [0.5, 0.6) is 11.5 Å². The molecule has 0 spiro atoms. The molecule has 106 valence electrons. The van der Waals surface area contributed by atoms with Gasteiger partial charge in [-0.15, -0.1) is 0 Å². The zero-order valence-electron chi connectivity index (χ0n) is 10.4. The average molecular weight is 297 g/mol. The second-order valence-electron chi connectivity index (χ2n) is 3.83. The fourth-order valence-corrected chi connectivity index (χ4v) is 2.46. The van der Waals surface area contributed by atoms with Gasteiger partial charge < -0.3 is 14.6 Å². The Hall–Kier alpha value is -2.35. The summed E-state index contributed by atoms with van der Waals surface area (Å²) in [5.41, 5.74) is -0.515. The summed E-state index contributed by atoms with van der Waals surface area (Å²) in [6.45, 7) is -0.283. The predicted octanol–water partition coefficient (Wildman–Crippen LogP) is 0.827. The molecule has 8 heteroatoms. The van der Waals surface area contributed by atoms with Crippen LogP contribution in [-0.4, -0.2) is 38.9 Å². The molecule has 1 aliphatic rings. The largest absolute Gasteiger partial charge is 0.497 e. The number of hydrogen-bond donors (Lipinski definition) is 1. The molecule has 1 N–H and O–H groups in total. The minimum absolute atomic E-state index is 0.189. The van der Waals surface area contributed by atoms with Gasteiger partial charge in [0.1, 0.15) is 23.0 Å². The molecule has 20 heavy (non-hydrogen) atoms. The third-order valence-corrected chi connectivity index (χ3v) is 3.84. The fourth-order valence-electron chi connectivity index (χ4n) is 1.48. The number of aliphatic carboxylic acids is 1. The van der Waals surface area contributed by atoms with E-state index in [0.29, 0.717) is 11.5 Å². The summed E-state index contributed by atoms with van der Waals surface area (Å²) in [6, 6.07) is 6.54. The van der Waals surface area contributed by atoms with Gasteiger partial charge in [0.25, 0.3) is 10.0 Å². The maximum Gasteiger partial charge on any atom is 0.355 e. The number of rotatable bonds is 5. The van der Waals surface area contributed by atoms with E-state index in [1.165, 1.54) is 7.11 Å². The van der Waals surface area contributed by atoms with Crippen molar-refractivity contribution in [3.63, 3.8) is 0 Å². The van der Waals surface area contributed by atoms with E-state index in [-0.39, 0.29) is 11.5 Å². The number of carboxylic acid groups (broad SMARTS) is 1. The van der Waals surface area contributed by atoms with Gasteiger partial charge in [-0.25, -0.2) is 4.79 Å². The van der Waals surface area contributed by atoms with Crippen molar-refractivity contribution in [1.29, 1.82) is 0 Å². The minimum Gasteiger partial charge on any atom is -0.497 e. The second kappa shape index (κ2) is 5.33. The molecule has 0 bridgehead atoms. The lowest BCUT2D eigenvalue weighted by Gasteiger charge is -2.06. The summed E-state index contributed by atoms with van der Waals surface area (Å²) < 4.78 is 36.6. The van der Waals surface area contributed by atoms with Crippen LogP contribution in [0.25, 0.3) is 0 Å². The van der Waals surface area contributed by atoms with Gasteiger partial charge in [-0.2, -0.15) is 12.8 Å². The zero-order chi connectivity index (χ0) is 14.8. The molecule has 0 saturated heterocycles. The summed E-state index contributed by atoms with van der Waals surface area (Å²) in [7, 11) is -2.42. The fraction of sp³-hybridized carbons (Fsp3) is 0.167. The van der Waals surface area contributed by atoms with Crippen molar-refractivity contribution in [3.05, 3.63) is 35.2 Å². The highest BCUT2D eigenvalue weighted by Crippen LogP contribution is 2.21. The second-order valence-corrected chi connectivity index (χ2v) is 5.49. The Balaban J connectivity index is 2.08. The van der Waals surface area contributed by atoms with Crippen LogP contribution in [0, 0.1) is 0 Å². The first-order chi connectivity index (χ1) is 9.42.